The maximum Gasteiger partial charge on any atom is 0.261 e. The molecule has 0 aromatic heterocycles. The molecular weight excluding hydrogens is 376 g/mol. The number of hydrogen-bond acceptors (Lipinski definition) is 3. The van der Waals surface area contributed by atoms with E-state index in [9.17, 15) is 9.59 Å². The van der Waals surface area contributed by atoms with Crippen molar-refractivity contribution >= 4 is 11.8 Å². The van der Waals surface area contributed by atoms with Gasteiger partial charge in [0.1, 0.15) is 11.8 Å². The fraction of sp³-hybridized carbons (Fsp3) is 0.440. The average molecular weight is 411 g/mol. The van der Waals surface area contributed by atoms with E-state index in [0.717, 1.165) is 11.1 Å². The molecule has 2 rings (SSSR count). The zero-order valence-electron chi connectivity index (χ0n) is 19.0. The summed E-state index contributed by atoms with van der Waals surface area (Å²) in [5.74, 6) is 0.235. The van der Waals surface area contributed by atoms with Crippen LogP contribution in [0.3, 0.4) is 0 Å². The Kier molecular flexibility index (Phi) is 8.04. The molecule has 1 N–H and O–H groups in total. The normalized spacial score (nSPS) is 12.2. The van der Waals surface area contributed by atoms with Crippen LogP contribution >= 0.6 is 0 Å². The third-order valence-corrected chi connectivity index (χ3v) is 5.07. The fourth-order valence-electron chi connectivity index (χ4n) is 3.07. The second-order valence-corrected chi connectivity index (χ2v) is 8.64. The van der Waals surface area contributed by atoms with Crippen LogP contribution in [-0.4, -0.2) is 35.9 Å². The van der Waals surface area contributed by atoms with Crippen LogP contribution in [0.1, 0.15) is 51.3 Å². The lowest BCUT2D eigenvalue weighted by atomic mass is 9.87. The lowest BCUT2D eigenvalue weighted by Gasteiger charge is -2.28. The Morgan fingerprint density at radius 3 is 2.17 bits per heavy atom. The lowest BCUT2D eigenvalue weighted by Crippen LogP contribution is -2.49. The second-order valence-electron chi connectivity index (χ2n) is 8.64. The van der Waals surface area contributed by atoms with Crippen LogP contribution in [-0.2, 0) is 21.5 Å². The minimum absolute atomic E-state index is 0.0568. The number of benzene rings is 2. The highest BCUT2D eigenvalue weighted by molar-refractivity contribution is 5.87. The van der Waals surface area contributed by atoms with Crippen molar-refractivity contribution in [1.29, 1.82) is 0 Å². The highest BCUT2D eigenvalue weighted by Crippen LogP contribution is 2.24. The molecule has 0 unspecified atom stereocenters. The molecule has 30 heavy (non-hydrogen) atoms. The molecule has 0 bridgehead atoms. The van der Waals surface area contributed by atoms with Crippen molar-refractivity contribution in [3.63, 3.8) is 0 Å². The van der Waals surface area contributed by atoms with Crippen molar-refractivity contribution in [2.24, 2.45) is 0 Å². The first-order valence-electron chi connectivity index (χ1n) is 10.5. The number of nitrogens with zero attached hydrogens (tertiary/aromatic N) is 1. The lowest BCUT2D eigenvalue weighted by molar-refractivity contribution is -0.142. The first-order chi connectivity index (χ1) is 14.1. The summed E-state index contributed by atoms with van der Waals surface area (Å²) >= 11 is 0. The van der Waals surface area contributed by atoms with Gasteiger partial charge in [-0.2, -0.15) is 0 Å². The topological polar surface area (TPSA) is 58.6 Å². The molecule has 0 heterocycles. The summed E-state index contributed by atoms with van der Waals surface area (Å²) < 4.78 is 5.74. The Labute approximate surface area is 180 Å². The molecule has 0 fully saturated rings. The van der Waals surface area contributed by atoms with Gasteiger partial charge in [-0.05, 0) is 49.4 Å². The molecule has 0 saturated carbocycles. The molecule has 1 atom stereocenters. The van der Waals surface area contributed by atoms with Crippen LogP contribution in [0.15, 0.2) is 48.5 Å². The van der Waals surface area contributed by atoms with E-state index in [-0.39, 0.29) is 23.8 Å². The van der Waals surface area contributed by atoms with Crippen molar-refractivity contribution in [3.8, 4) is 5.75 Å². The number of nitrogens with one attached hydrogen (secondary N) is 1. The molecular formula is C25H34N2O3. The summed E-state index contributed by atoms with van der Waals surface area (Å²) in [6, 6.07) is 15.2. The van der Waals surface area contributed by atoms with Gasteiger partial charge in [0.15, 0.2) is 6.61 Å². The van der Waals surface area contributed by atoms with Gasteiger partial charge in [0, 0.05) is 13.1 Å². The smallest absolute Gasteiger partial charge is 0.261 e. The van der Waals surface area contributed by atoms with E-state index < -0.39 is 6.04 Å². The highest BCUT2D eigenvalue weighted by Gasteiger charge is 2.26. The summed E-state index contributed by atoms with van der Waals surface area (Å²) in [6.07, 6.45) is 0. The van der Waals surface area contributed by atoms with Gasteiger partial charge in [0.25, 0.3) is 5.91 Å². The minimum Gasteiger partial charge on any atom is -0.484 e. The number of carbonyl (C=O) groups excluding carboxylic acids is 2. The number of likely N-dealkylation sites (N-methyl/N-ethyl adjacent to an activating group) is 1. The van der Waals surface area contributed by atoms with Gasteiger partial charge in [-0.25, -0.2) is 0 Å². The zero-order chi connectivity index (χ0) is 22.3. The van der Waals surface area contributed by atoms with E-state index in [1.54, 1.807) is 11.8 Å². The van der Waals surface area contributed by atoms with E-state index >= 15 is 0 Å². The van der Waals surface area contributed by atoms with Crippen molar-refractivity contribution in [2.45, 2.75) is 59.5 Å². The predicted molar refractivity (Wildman–Crippen MR) is 121 cm³/mol. The summed E-state index contributed by atoms with van der Waals surface area (Å²) in [7, 11) is 0. The summed E-state index contributed by atoms with van der Waals surface area (Å²) in [5, 5.41) is 2.80. The van der Waals surface area contributed by atoms with Gasteiger partial charge in [-0.15, -0.1) is 0 Å². The molecule has 2 aromatic carbocycles. The van der Waals surface area contributed by atoms with E-state index in [2.05, 4.69) is 26.1 Å². The van der Waals surface area contributed by atoms with Crippen LogP contribution < -0.4 is 10.1 Å². The Morgan fingerprint density at radius 2 is 1.63 bits per heavy atom. The van der Waals surface area contributed by atoms with E-state index in [1.807, 2.05) is 62.4 Å². The third kappa shape index (κ3) is 6.61. The summed E-state index contributed by atoms with van der Waals surface area (Å²) in [5.41, 5.74) is 3.38. The number of aryl methyl sites for hydroxylation is 1. The van der Waals surface area contributed by atoms with E-state index in [0.29, 0.717) is 18.8 Å². The van der Waals surface area contributed by atoms with Gasteiger partial charge in [-0.3, -0.25) is 9.59 Å². The van der Waals surface area contributed by atoms with Gasteiger partial charge in [0.2, 0.25) is 5.91 Å². The molecule has 2 aromatic rings. The zero-order valence-corrected chi connectivity index (χ0v) is 19.0. The first kappa shape index (κ1) is 23.5. The maximum absolute atomic E-state index is 13.0. The molecule has 0 radical (unpaired) electrons. The molecule has 0 aliphatic heterocycles. The van der Waals surface area contributed by atoms with Gasteiger partial charge in [0.05, 0.1) is 0 Å². The quantitative estimate of drug-likeness (QED) is 0.709. The number of amides is 2. The Hall–Kier alpha value is -2.82. The predicted octanol–water partition coefficient (Wildman–Crippen LogP) is 4.22. The molecule has 5 heteroatoms. The van der Waals surface area contributed by atoms with Gasteiger partial charge in [-0.1, -0.05) is 62.7 Å². The number of rotatable bonds is 8. The third-order valence-electron chi connectivity index (χ3n) is 5.07. The van der Waals surface area contributed by atoms with Crippen molar-refractivity contribution < 1.29 is 14.3 Å². The van der Waals surface area contributed by atoms with Crippen LogP contribution in [0.4, 0.5) is 0 Å². The number of hydrogen-bond donors (Lipinski definition) is 1. The summed E-state index contributed by atoms with van der Waals surface area (Å²) in [6.45, 7) is 12.8. The highest BCUT2D eigenvalue weighted by atomic mass is 16.5. The van der Waals surface area contributed by atoms with Crippen LogP contribution in [0, 0.1) is 6.92 Å². The Balaban J connectivity index is 2.11. The van der Waals surface area contributed by atoms with Crippen molar-refractivity contribution in [2.75, 3.05) is 13.2 Å². The minimum atomic E-state index is -0.592. The SMILES string of the molecule is CCNC(=O)[C@@H](C)N(Cc1ccc(C)cc1)C(=O)COc1ccc(C(C)(C)C)cc1. The first-order valence-corrected chi connectivity index (χ1v) is 10.5. The van der Waals surface area contributed by atoms with Crippen LogP contribution in [0.5, 0.6) is 5.75 Å². The maximum atomic E-state index is 13.0. The molecule has 0 aliphatic rings. The summed E-state index contributed by atoms with van der Waals surface area (Å²) in [4.78, 5) is 26.9. The molecule has 0 spiro atoms. The van der Waals surface area contributed by atoms with Gasteiger partial charge < -0.3 is 15.0 Å². The standard InChI is InChI=1S/C25H34N2O3/c1-7-26-24(29)19(3)27(16-20-10-8-18(2)9-11-20)23(28)17-30-22-14-12-21(13-15-22)25(4,5)6/h8-15,19H,7,16-17H2,1-6H3,(H,26,29)/t19-/m1/s1. The monoisotopic (exact) mass is 410 g/mol. The fourth-order valence-corrected chi connectivity index (χ4v) is 3.07. The second kappa shape index (κ2) is 10.3. The molecule has 0 aliphatic carbocycles. The largest absolute Gasteiger partial charge is 0.484 e. The number of carbonyl (C=O) groups is 2. The Morgan fingerprint density at radius 1 is 1.03 bits per heavy atom. The van der Waals surface area contributed by atoms with Crippen LogP contribution in [0.25, 0.3) is 0 Å². The molecule has 2 amide bonds. The molecule has 0 saturated heterocycles. The van der Waals surface area contributed by atoms with Crippen molar-refractivity contribution in [1.82, 2.24) is 10.2 Å². The average Bonchev–Trinajstić information content (AvgIpc) is 2.71. The number of ether oxygens (including phenoxy) is 1. The van der Waals surface area contributed by atoms with Crippen LogP contribution in [0.2, 0.25) is 0 Å². The Bertz CT molecular complexity index is 836. The molecule has 162 valence electrons. The van der Waals surface area contributed by atoms with Crippen molar-refractivity contribution in [3.05, 3.63) is 65.2 Å². The van der Waals surface area contributed by atoms with E-state index in [1.165, 1.54) is 5.56 Å². The van der Waals surface area contributed by atoms with E-state index in [4.69, 9.17) is 4.74 Å². The molecule has 5 nitrogen and oxygen atoms in total. The van der Waals surface area contributed by atoms with Gasteiger partial charge >= 0.3 is 0 Å².